The van der Waals surface area contributed by atoms with Crippen molar-refractivity contribution in [1.29, 1.82) is 0 Å². The van der Waals surface area contributed by atoms with Crippen molar-refractivity contribution in [3.8, 4) is 10.6 Å². The maximum absolute atomic E-state index is 13.1. The van der Waals surface area contributed by atoms with Gasteiger partial charge in [0, 0.05) is 10.3 Å². The zero-order valence-electron chi connectivity index (χ0n) is 17.5. The van der Waals surface area contributed by atoms with Crippen LogP contribution in [0.1, 0.15) is 50.9 Å². The molecule has 1 aliphatic heterocycles. The van der Waals surface area contributed by atoms with E-state index in [4.69, 9.17) is 0 Å². The first-order valence-electron chi connectivity index (χ1n) is 10.1. The topological polar surface area (TPSA) is 79.4 Å². The summed E-state index contributed by atoms with van der Waals surface area (Å²) in [5, 5.41) is 5.95. The van der Waals surface area contributed by atoms with Gasteiger partial charge in [0.2, 0.25) is 5.91 Å². The van der Waals surface area contributed by atoms with E-state index in [1.165, 1.54) is 0 Å². The van der Waals surface area contributed by atoms with Crippen molar-refractivity contribution < 1.29 is 14.4 Å². The summed E-state index contributed by atoms with van der Waals surface area (Å²) in [5.74, 6) is -0.985. The Morgan fingerprint density at radius 2 is 1.77 bits per heavy atom. The van der Waals surface area contributed by atoms with E-state index in [0.717, 1.165) is 25.4 Å². The van der Waals surface area contributed by atoms with Crippen molar-refractivity contribution in [2.75, 3.05) is 0 Å². The van der Waals surface area contributed by atoms with E-state index in [1.807, 2.05) is 38.3 Å². The summed E-state index contributed by atoms with van der Waals surface area (Å²) in [7, 11) is 0. The van der Waals surface area contributed by atoms with Crippen LogP contribution in [-0.2, 0) is 11.3 Å². The first kappa shape index (κ1) is 21.4. The molecule has 3 amide bonds. The highest BCUT2D eigenvalue weighted by Gasteiger charge is 2.42. The number of amides is 3. The Morgan fingerprint density at radius 3 is 2.35 bits per heavy atom. The molecule has 0 radical (unpaired) electrons. The van der Waals surface area contributed by atoms with Crippen molar-refractivity contribution >= 4 is 40.4 Å². The zero-order chi connectivity index (χ0) is 22.1. The fourth-order valence-corrected chi connectivity index (χ4v) is 5.24. The summed E-state index contributed by atoms with van der Waals surface area (Å²) in [6.45, 7) is 6.25. The van der Waals surface area contributed by atoms with Crippen molar-refractivity contribution in [3.05, 3.63) is 62.8 Å². The fraction of sp³-hybridized carbons (Fsp3) is 0.304. The number of imide groups is 1. The van der Waals surface area contributed by atoms with Gasteiger partial charge < -0.3 is 5.32 Å². The van der Waals surface area contributed by atoms with Gasteiger partial charge in [-0.2, -0.15) is 0 Å². The summed E-state index contributed by atoms with van der Waals surface area (Å²) in [6, 6.07) is 9.84. The van der Waals surface area contributed by atoms with Crippen LogP contribution in [0.5, 0.6) is 0 Å². The standard InChI is InChI=1S/C23H23N3O3S2/c1-13(2)10-19(26-22(28)16-6-4-5-7-17(16)23(26)29)21(27)24-11-15-8-9-20(31-15)18-12-30-14(3)25-18/h4-9,12-13,19H,10-11H2,1-3H3,(H,24,27)/t19-/m1/s1. The second kappa shape index (κ2) is 8.72. The molecule has 6 nitrogen and oxygen atoms in total. The van der Waals surface area contributed by atoms with Crippen LogP contribution in [0.15, 0.2) is 41.8 Å². The van der Waals surface area contributed by atoms with Gasteiger partial charge in [-0.1, -0.05) is 26.0 Å². The van der Waals surface area contributed by atoms with Gasteiger partial charge in [0.15, 0.2) is 0 Å². The minimum Gasteiger partial charge on any atom is -0.349 e. The van der Waals surface area contributed by atoms with Crippen LogP contribution in [0, 0.1) is 12.8 Å². The molecule has 0 saturated heterocycles. The number of carbonyl (C=O) groups excluding carboxylic acids is 3. The number of aryl methyl sites for hydroxylation is 1. The second-order valence-electron chi connectivity index (χ2n) is 7.91. The molecule has 3 aromatic rings. The normalized spacial score (nSPS) is 14.3. The quantitative estimate of drug-likeness (QED) is 0.534. The SMILES string of the molecule is Cc1nc(-c2ccc(CNC(=O)[C@@H](CC(C)C)N3C(=O)c4ccccc4C3=O)s2)cs1. The molecule has 0 aliphatic carbocycles. The summed E-state index contributed by atoms with van der Waals surface area (Å²) < 4.78 is 0. The number of fused-ring (bicyclic) bond motifs is 1. The second-order valence-corrected chi connectivity index (χ2v) is 10.1. The van der Waals surface area contributed by atoms with Crippen LogP contribution in [-0.4, -0.2) is 33.6 Å². The Hall–Kier alpha value is -2.84. The van der Waals surface area contributed by atoms with Gasteiger partial charge >= 0.3 is 0 Å². The first-order chi connectivity index (χ1) is 14.8. The maximum atomic E-state index is 13.1. The molecule has 160 valence electrons. The molecular weight excluding hydrogens is 430 g/mol. The third-order valence-corrected chi connectivity index (χ3v) is 6.99. The van der Waals surface area contributed by atoms with Crippen molar-refractivity contribution in [2.45, 2.75) is 39.8 Å². The van der Waals surface area contributed by atoms with E-state index in [0.29, 0.717) is 24.1 Å². The number of rotatable bonds is 7. The molecule has 0 saturated carbocycles. The molecule has 2 aromatic heterocycles. The zero-order valence-corrected chi connectivity index (χ0v) is 19.2. The number of nitrogens with zero attached hydrogens (tertiary/aromatic N) is 2. The van der Waals surface area contributed by atoms with Crippen LogP contribution in [0.25, 0.3) is 10.6 Å². The number of carbonyl (C=O) groups is 3. The van der Waals surface area contributed by atoms with Crippen molar-refractivity contribution in [2.24, 2.45) is 5.92 Å². The van der Waals surface area contributed by atoms with E-state index >= 15 is 0 Å². The summed E-state index contributed by atoms with van der Waals surface area (Å²) in [5.41, 5.74) is 1.65. The van der Waals surface area contributed by atoms with Gasteiger partial charge in [0.25, 0.3) is 11.8 Å². The Labute approximate surface area is 188 Å². The summed E-state index contributed by atoms with van der Waals surface area (Å²) in [4.78, 5) is 46.5. The van der Waals surface area contributed by atoms with Crippen LogP contribution in [0.2, 0.25) is 0 Å². The third kappa shape index (κ3) is 4.31. The highest BCUT2D eigenvalue weighted by molar-refractivity contribution is 7.16. The molecule has 0 spiro atoms. The van der Waals surface area contributed by atoms with Crippen LogP contribution >= 0.6 is 22.7 Å². The lowest BCUT2D eigenvalue weighted by Gasteiger charge is -2.26. The average molecular weight is 454 g/mol. The molecule has 31 heavy (non-hydrogen) atoms. The predicted molar refractivity (Wildman–Crippen MR) is 122 cm³/mol. The molecule has 1 aliphatic rings. The molecular formula is C23H23N3O3S2. The third-order valence-electron chi connectivity index (χ3n) is 5.10. The minimum absolute atomic E-state index is 0.140. The molecule has 4 rings (SSSR count). The number of nitrogens with one attached hydrogen (secondary N) is 1. The molecule has 1 aromatic carbocycles. The number of hydrogen-bond donors (Lipinski definition) is 1. The highest BCUT2D eigenvalue weighted by Crippen LogP contribution is 2.30. The first-order valence-corrected chi connectivity index (χ1v) is 11.8. The predicted octanol–water partition coefficient (Wildman–Crippen LogP) is 4.51. The number of thiazole rings is 1. The van der Waals surface area contributed by atoms with Gasteiger partial charge in [0.1, 0.15) is 6.04 Å². The fourth-order valence-electron chi connectivity index (χ4n) is 3.65. The van der Waals surface area contributed by atoms with Crippen LogP contribution in [0.3, 0.4) is 0 Å². The van der Waals surface area contributed by atoms with Gasteiger partial charge in [-0.3, -0.25) is 19.3 Å². The minimum atomic E-state index is -0.840. The molecule has 1 N–H and O–H groups in total. The van der Waals surface area contributed by atoms with Gasteiger partial charge in [-0.15, -0.1) is 22.7 Å². The Balaban J connectivity index is 1.49. The molecule has 0 bridgehead atoms. The number of hydrogen-bond acceptors (Lipinski definition) is 6. The maximum Gasteiger partial charge on any atom is 0.262 e. The number of thiophene rings is 1. The molecule has 3 heterocycles. The van der Waals surface area contributed by atoms with Crippen molar-refractivity contribution in [1.82, 2.24) is 15.2 Å². The lowest BCUT2D eigenvalue weighted by molar-refractivity contribution is -0.125. The Kier molecular flexibility index (Phi) is 6.02. The lowest BCUT2D eigenvalue weighted by Crippen LogP contribution is -2.50. The van der Waals surface area contributed by atoms with E-state index in [2.05, 4.69) is 10.3 Å². The van der Waals surface area contributed by atoms with Gasteiger partial charge in [-0.05, 0) is 43.5 Å². The number of benzene rings is 1. The van der Waals surface area contributed by atoms with Crippen LogP contribution in [0.4, 0.5) is 0 Å². The molecule has 1 atom stereocenters. The van der Waals surface area contributed by atoms with Crippen LogP contribution < -0.4 is 5.32 Å². The van der Waals surface area contributed by atoms with Crippen molar-refractivity contribution in [3.63, 3.8) is 0 Å². The van der Waals surface area contributed by atoms with Gasteiger partial charge in [0.05, 0.1) is 33.3 Å². The molecule has 0 fully saturated rings. The van der Waals surface area contributed by atoms with E-state index in [9.17, 15) is 14.4 Å². The molecule has 8 heteroatoms. The highest BCUT2D eigenvalue weighted by atomic mass is 32.1. The summed E-state index contributed by atoms with van der Waals surface area (Å²) >= 11 is 3.17. The van der Waals surface area contributed by atoms with E-state index in [-0.39, 0.29) is 11.8 Å². The Bertz CT molecular complexity index is 1110. The summed E-state index contributed by atoms with van der Waals surface area (Å²) in [6.07, 6.45) is 0.408. The Morgan fingerprint density at radius 1 is 1.10 bits per heavy atom. The van der Waals surface area contributed by atoms with Gasteiger partial charge in [-0.25, -0.2) is 4.98 Å². The average Bonchev–Trinajstić information content (AvgIpc) is 3.44. The largest absolute Gasteiger partial charge is 0.349 e. The molecule has 0 unspecified atom stereocenters. The monoisotopic (exact) mass is 453 g/mol. The smallest absolute Gasteiger partial charge is 0.262 e. The number of aromatic nitrogens is 1. The van der Waals surface area contributed by atoms with E-state index < -0.39 is 17.9 Å². The van der Waals surface area contributed by atoms with E-state index in [1.54, 1.807) is 46.9 Å². The lowest BCUT2D eigenvalue weighted by atomic mass is 10.0.